The van der Waals surface area contributed by atoms with Crippen molar-refractivity contribution < 1.29 is 4.74 Å². The van der Waals surface area contributed by atoms with Crippen molar-refractivity contribution in [3.8, 4) is 0 Å². The topological polar surface area (TPSA) is 45.0 Å². The summed E-state index contributed by atoms with van der Waals surface area (Å²) >= 11 is 0. The Kier molecular flexibility index (Phi) is 2.55. The molecule has 2 rings (SSSR count). The molecule has 76 valence electrons. The van der Waals surface area contributed by atoms with E-state index in [2.05, 4.69) is 18.9 Å². The average Bonchev–Trinajstić information content (AvgIpc) is 2.82. The quantitative estimate of drug-likeness (QED) is 0.383. The molecule has 0 aliphatic carbocycles. The van der Waals surface area contributed by atoms with Crippen LogP contribution in [0.2, 0.25) is 0 Å². The van der Waals surface area contributed by atoms with Crippen molar-refractivity contribution in [2.45, 2.75) is 44.7 Å². The van der Waals surface area contributed by atoms with E-state index < -0.39 is 0 Å². The molecule has 0 amide bonds. The SMILES string of the molecule is CC1OC1N(N)C1CCCCN1C. The van der Waals surface area contributed by atoms with Gasteiger partial charge in [0.05, 0.1) is 12.3 Å². The molecule has 2 N–H and O–H groups in total. The minimum absolute atomic E-state index is 0.158. The number of likely N-dealkylation sites (tertiary alicyclic amines) is 1. The highest BCUT2D eigenvalue weighted by Crippen LogP contribution is 2.28. The van der Waals surface area contributed by atoms with E-state index in [0.717, 1.165) is 6.54 Å². The Morgan fingerprint density at radius 1 is 1.46 bits per heavy atom. The molecule has 2 saturated heterocycles. The number of hydrazine groups is 1. The van der Waals surface area contributed by atoms with Gasteiger partial charge in [-0.3, -0.25) is 10.7 Å². The first-order valence-corrected chi connectivity index (χ1v) is 5.09. The van der Waals surface area contributed by atoms with Crippen LogP contribution in [-0.4, -0.2) is 42.0 Å². The van der Waals surface area contributed by atoms with Crippen molar-refractivity contribution in [1.82, 2.24) is 9.91 Å². The zero-order valence-electron chi connectivity index (χ0n) is 8.44. The normalized spacial score (nSPS) is 41.1. The van der Waals surface area contributed by atoms with Crippen LogP contribution in [0.1, 0.15) is 26.2 Å². The third-order valence-electron chi connectivity index (χ3n) is 3.05. The van der Waals surface area contributed by atoms with Crippen molar-refractivity contribution in [2.75, 3.05) is 13.6 Å². The number of epoxide rings is 1. The lowest BCUT2D eigenvalue weighted by molar-refractivity contribution is 0.000787. The van der Waals surface area contributed by atoms with Gasteiger partial charge in [0.2, 0.25) is 0 Å². The van der Waals surface area contributed by atoms with E-state index in [0.29, 0.717) is 12.3 Å². The summed E-state index contributed by atoms with van der Waals surface area (Å²) < 4.78 is 5.35. The van der Waals surface area contributed by atoms with Crippen molar-refractivity contribution in [3.63, 3.8) is 0 Å². The Morgan fingerprint density at radius 2 is 2.15 bits per heavy atom. The standard InChI is InChI=1S/C9H19N3O/c1-7-9(13-7)12(10)8-5-3-4-6-11(8)2/h7-9H,3-6,10H2,1-2H3. The van der Waals surface area contributed by atoms with Crippen molar-refractivity contribution in [2.24, 2.45) is 5.84 Å². The summed E-state index contributed by atoms with van der Waals surface area (Å²) in [6.45, 7) is 3.22. The van der Waals surface area contributed by atoms with E-state index in [1.54, 1.807) is 0 Å². The summed E-state index contributed by atoms with van der Waals surface area (Å²) in [6.07, 6.45) is 4.60. The van der Waals surface area contributed by atoms with E-state index in [4.69, 9.17) is 10.6 Å². The number of rotatable bonds is 2. The van der Waals surface area contributed by atoms with E-state index >= 15 is 0 Å². The van der Waals surface area contributed by atoms with Crippen LogP contribution in [0, 0.1) is 0 Å². The molecule has 2 aliphatic rings. The molecule has 4 nitrogen and oxygen atoms in total. The lowest BCUT2D eigenvalue weighted by Gasteiger charge is -2.37. The van der Waals surface area contributed by atoms with E-state index in [1.807, 2.05) is 5.01 Å². The highest BCUT2D eigenvalue weighted by molar-refractivity contribution is 4.83. The maximum Gasteiger partial charge on any atom is 0.150 e. The van der Waals surface area contributed by atoms with Gasteiger partial charge in [0, 0.05) is 0 Å². The molecule has 2 aliphatic heterocycles. The van der Waals surface area contributed by atoms with E-state index in [1.165, 1.54) is 19.3 Å². The first-order valence-electron chi connectivity index (χ1n) is 5.09. The van der Waals surface area contributed by atoms with Gasteiger partial charge in [0.15, 0.2) is 6.23 Å². The molecule has 2 heterocycles. The second-order valence-electron chi connectivity index (χ2n) is 4.14. The Balaban J connectivity index is 1.90. The molecule has 0 spiro atoms. The number of ether oxygens (including phenoxy) is 1. The Labute approximate surface area is 79.6 Å². The highest BCUT2D eigenvalue weighted by atomic mass is 16.6. The van der Waals surface area contributed by atoms with Crippen molar-refractivity contribution in [3.05, 3.63) is 0 Å². The minimum atomic E-state index is 0.158. The van der Waals surface area contributed by atoms with Gasteiger partial charge in [-0.1, -0.05) is 0 Å². The van der Waals surface area contributed by atoms with Gasteiger partial charge in [-0.15, -0.1) is 0 Å². The molecule has 2 fully saturated rings. The van der Waals surface area contributed by atoms with Crippen LogP contribution in [0.5, 0.6) is 0 Å². The van der Waals surface area contributed by atoms with Crippen LogP contribution >= 0.6 is 0 Å². The zero-order valence-corrected chi connectivity index (χ0v) is 8.44. The van der Waals surface area contributed by atoms with Gasteiger partial charge in [-0.2, -0.15) is 5.01 Å². The van der Waals surface area contributed by atoms with E-state index in [-0.39, 0.29) is 6.23 Å². The van der Waals surface area contributed by atoms with Gasteiger partial charge < -0.3 is 4.74 Å². The number of hydrogen-bond donors (Lipinski definition) is 1. The predicted molar refractivity (Wildman–Crippen MR) is 50.6 cm³/mol. The average molecular weight is 185 g/mol. The molecule has 13 heavy (non-hydrogen) atoms. The molecule has 3 unspecified atom stereocenters. The lowest BCUT2D eigenvalue weighted by atomic mass is 10.1. The number of nitrogens with zero attached hydrogens (tertiary/aromatic N) is 2. The molecule has 4 heteroatoms. The maximum atomic E-state index is 6.00. The number of hydrogen-bond acceptors (Lipinski definition) is 4. The fraction of sp³-hybridized carbons (Fsp3) is 1.00. The zero-order chi connectivity index (χ0) is 9.42. The van der Waals surface area contributed by atoms with Gasteiger partial charge in [-0.25, -0.2) is 0 Å². The molecule has 0 aromatic carbocycles. The molecule has 0 bridgehead atoms. The molecule has 0 radical (unpaired) electrons. The summed E-state index contributed by atoms with van der Waals surface area (Å²) in [5.74, 6) is 6.00. The van der Waals surface area contributed by atoms with Crippen LogP contribution in [0.3, 0.4) is 0 Å². The summed E-state index contributed by atoms with van der Waals surface area (Å²) in [5.41, 5.74) is 0. The summed E-state index contributed by atoms with van der Waals surface area (Å²) in [7, 11) is 2.14. The fourth-order valence-corrected chi connectivity index (χ4v) is 2.09. The first kappa shape index (κ1) is 9.40. The van der Waals surface area contributed by atoms with Gasteiger partial charge in [0.1, 0.15) is 0 Å². The Morgan fingerprint density at radius 3 is 2.69 bits per heavy atom. The van der Waals surface area contributed by atoms with Crippen LogP contribution < -0.4 is 5.84 Å². The Bertz CT molecular complexity index is 188. The highest BCUT2D eigenvalue weighted by Gasteiger charge is 2.42. The van der Waals surface area contributed by atoms with Gasteiger partial charge >= 0.3 is 0 Å². The largest absolute Gasteiger partial charge is 0.352 e. The molecule has 0 saturated carbocycles. The molecule has 0 aromatic heterocycles. The van der Waals surface area contributed by atoms with Crippen LogP contribution in [-0.2, 0) is 4.74 Å². The Hall–Kier alpha value is -0.160. The molecular weight excluding hydrogens is 166 g/mol. The maximum absolute atomic E-state index is 6.00. The summed E-state index contributed by atoms with van der Waals surface area (Å²) in [6, 6.07) is 0. The second-order valence-corrected chi connectivity index (χ2v) is 4.14. The number of nitrogens with two attached hydrogens (primary N) is 1. The third kappa shape index (κ3) is 1.86. The first-order chi connectivity index (χ1) is 6.20. The monoisotopic (exact) mass is 185 g/mol. The molecular formula is C9H19N3O. The van der Waals surface area contributed by atoms with Gasteiger partial charge in [-0.05, 0) is 39.8 Å². The van der Waals surface area contributed by atoms with Crippen LogP contribution in [0.25, 0.3) is 0 Å². The predicted octanol–water partition coefficient (Wildman–Crippen LogP) is 0.349. The van der Waals surface area contributed by atoms with Crippen LogP contribution in [0.4, 0.5) is 0 Å². The molecule has 3 atom stereocenters. The smallest absolute Gasteiger partial charge is 0.150 e. The van der Waals surface area contributed by atoms with Crippen LogP contribution in [0.15, 0.2) is 0 Å². The van der Waals surface area contributed by atoms with Crippen molar-refractivity contribution >= 4 is 0 Å². The second kappa shape index (κ2) is 3.53. The van der Waals surface area contributed by atoms with Gasteiger partial charge in [0.25, 0.3) is 0 Å². The third-order valence-corrected chi connectivity index (χ3v) is 3.05. The number of piperidine rings is 1. The summed E-state index contributed by atoms with van der Waals surface area (Å²) in [4.78, 5) is 2.32. The van der Waals surface area contributed by atoms with Crippen molar-refractivity contribution in [1.29, 1.82) is 0 Å². The summed E-state index contributed by atoms with van der Waals surface area (Å²) in [5, 5.41) is 1.88. The lowest BCUT2D eigenvalue weighted by Crippen LogP contribution is -2.54. The minimum Gasteiger partial charge on any atom is -0.352 e. The molecule has 0 aromatic rings. The van der Waals surface area contributed by atoms with E-state index in [9.17, 15) is 0 Å². The fourth-order valence-electron chi connectivity index (χ4n) is 2.09.